The standard InChI is InChI=1S/C25H21FO6/c1-29-19-10-11-20(23(15-19)30-2)21(27)12-4-16-5-13-22(24(14-16)31-3)32-25(28)17-6-8-18(26)9-7-17/h4-15H,1-3H3/b12-4+. The van der Waals surface area contributed by atoms with Crippen LogP contribution >= 0.6 is 0 Å². The average molecular weight is 436 g/mol. The Labute approximate surface area is 184 Å². The van der Waals surface area contributed by atoms with Crippen LogP contribution in [0.15, 0.2) is 66.7 Å². The van der Waals surface area contributed by atoms with Gasteiger partial charge in [0.05, 0.1) is 32.5 Å². The molecule has 6 nitrogen and oxygen atoms in total. The van der Waals surface area contributed by atoms with Crippen LogP contribution in [0, 0.1) is 5.82 Å². The van der Waals surface area contributed by atoms with Crippen LogP contribution in [0.5, 0.6) is 23.0 Å². The molecule has 0 aromatic heterocycles. The van der Waals surface area contributed by atoms with Crippen LogP contribution < -0.4 is 18.9 Å². The minimum absolute atomic E-state index is 0.196. The highest BCUT2D eigenvalue weighted by molar-refractivity contribution is 6.08. The first kappa shape index (κ1) is 22.6. The van der Waals surface area contributed by atoms with E-state index in [1.807, 2.05) is 0 Å². The Balaban J connectivity index is 1.77. The maximum Gasteiger partial charge on any atom is 0.343 e. The Bertz CT molecular complexity index is 1150. The summed E-state index contributed by atoms with van der Waals surface area (Å²) in [5.74, 6) is 0.137. The molecule has 0 atom stereocenters. The van der Waals surface area contributed by atoms with Crippen LogP contribution in [-0.2, 0) is 0 Å². The number of methoxy groups -OCH3 is 3. The molecule has 0 aliphatic rings. The molecule has 0 saturated carbocycles. The Morgan fingerprint density at radius 1 is 0.781 bits per heavy atom. The molecule has 0 saturated heterocycles. The molecular formula is C25H21FO6. The molecule has 3 aromatic carbocycles. The van der Waals surface area contributed by atoms with Gasteiger partial charge in [-0.05, 0) is 60.2 Å². The van der Waals surface area contributed by atoms with Crippen molar-refractivity contribution in [3.8, 4) is 23.0 Å². The summed E-state index contributed by atoms with van der Waals surface area (Å²) < 4.78 is 34.1. The third kappa shape index (κ3) is 5.31. The van der Waals surface area contributed by atoms with Crippen LogP contribution in [0.3, 0.4) is 0 Å². The van der Waals surface area contributed by atoms with Gasteiger partial charge in [-0.1, -0.05) is 12.1 Å². The first-order valence-corrected chi connectivity index (χ1v) is 9.55. The van der Waals surface area contributed by atoms with Gasteiger partial charge in [0.1, 0.15) is 17.3 Å². The van der Waals surface area contributed by atoms with E-state index >= 15 is 0 Å². The second kappa shape index (κ2) is 10.3. The first-order valence-electron chi connectivity index (χ1n) is 9.55. The van der Waals surface area contributed by atoms with E-state index in [2.05, 4.69) is 0 Å². The van der Waals surface area contributed by atoms with Gasteiger partial charge in [-0.2, -0.15) is 0 Å². The molecule has 0 amide bonds. The fourth-order valence-electron chi connectivity index (χ4n) is 2.88. The largest absolute Gasteiger partial charge is 0.497 e. The van der Waals surface area contributed by atoms with Crippen molar-refractivity contribution in [3.63, 3.8) is 0 Å². The predicted molar refractivity (Wildman–Crippen MR) is 117 cm³/mol. The van der Waals surface area contributed by atoms with E-state index in [4.69, 9.17) is 18.9 Å². The fraction of sp³-hybridized carbons (Fsp3) is 0.120. The summed E-state index contributed by atoms with van der Waals surface area (Å²) in [5.41, 5.74) is 1.25. The summed E-state index contributed by atoms with van der Waals surface area (Å²) in [6.45, 7) is 0. The number of hydrogen-bond acceptors (Lipinski definition) is 6. The fourth-order valence-corrected chi connectivity index (χ4v) is 2.88. The maximum absolute atomic E-state index is 13.0. The van der Waals surface area contributed by atoms with E-state index in [0.717, 1.165) is 0 Å². The number of halogens is 1. The molecule has 3 rings (SSSR count). The van der Waals surface area contributed by atoms with E-state index in [1.165, 1.54) is 51.7 Å². The molecule has 0 bridgehead atoms. The topological polar surface area (TPSA) is 71.1 Å². The van der Waals surface area contributed by atoms with Gasteiger partial charge in [0.2, 0.25) is 0 Å². The third-order valence-corrected chi connectivity index (χ3v) is 4.57. The monoisotopic (exact) mass is 436 g/mol. The molecule has 32 heavy (non-hydrogen) atoms. The summed E-state index contributed by atoms with van der Waals surface area (Å²) in [4.78, 5) is 24.9. The number of carbonyl (C=O) groups is 2. The molecule has 0 fully saturated rings. The van der Waals surface area contributed by atoms with Gasteiger partial charge in [-0.3, -0.25) is 4.79 Å². The van der Waals surface area contributed by atoms with Crippen molar-refractivity contribution in [2.75, 3.05) is 21.3 Å². The molecule has 3 aromatic rings. The zero-order chi connectivity index (χ0) is 23.1. The lowest BCUT2D eigenvalue weighted by Crippen LogP contribution is -2.09. The summed E-state index contributed by atoms with van der Waals surface area (Å²) in [7, 11) is 4.45. The number of benzene rings is 3. The van der Waals surface area contributed by atoms with E-state index in [9.17, 15) is 14.0 Å². The number of ether oxygens (including phenoxy) is 4. The minimum Gasteiger partial charge on any atom is -0.497 e. The maximum atomic E-state index is 13.0. The Hall–Kier alpha value is -4.13. The zero-order valence-electron chi connectivity index (χ0n) is 17.8. The lowest BCUT2D eigenvalue weighted by Gasteiger charge is -2.10. The second-order valence-electron chi connectivity index (χ2n) is 6.57. The van der Waals surface area contributed by atoms with Gasteiger partial charge in [-0.25, -0.2) is 9.18 Å². The van der Waals surface area contributed by atoms with E-state index in [1.54, 1.807) is 42.5 Å². The van der Waals surface area contributed by atoms with Crippen molar-refractivity contribution in [3.05, 3.63) is 89.2 Å². The van der Waals surface area contributed by atoms with E-state index < -0.39 is 11.8 Å². The highest BCUT2D eigenvalue weighted by Gasteiger charge is 2.14. The minimum atomic E-state index is -0.645. The Morgan fingerprint density at radius 2 is 1.50 bits per heavy atom. The Morgan fingerprint density at radius 3 is 2.16 bits per heavy atom. The number of rotatable bonds is 8. The summed E-state index contributed by atoms with van der Waals surface area (Å²) >= 11 is 0. The number of hydrogen-bond donors (Lipinski definition) is 0. The van der Waals surface area contributed by atoms with E-state index in [0.29, 0.717) is 28.4 Å². The quantitative estimate of drug-likeness (QED) is 0.215. The zero-order valence-corrected chi connectivity index (χ0v) is 17.8. The molecular weight excluding hydrogens is 415 g/mol. The van der Waals surface area contributed by atoms with Crippen molar-refractivity contribution in [1.82, 2.24) is 0 Å². The third-order valence-electron chi connectivity index (χ3n) is 4.57. The van der Waals surface area contributed by atoms with Crippen LogP contribution in [0.1, 0.15) is 26.3 Å². The van der Waals surface area contributed by atoms with Gasteiger partial charge >= 0.3 is 5.97 Å². The SMILES string of the molecule is COc1ccc(C(=O)/C=C/c2ccc(OC(=O)c3ccc(F)cc3)c(OC)c2)c(OC)c1. The highest BCUT2D eigenvalue weighted by atomic mass is 19.1. The highest BCUT2D eigenvalue weighted by Crippen LogP contribution is 2.30. The molecule has 0 N–H and O–H groups in total. The van der Waals surface area contributed by atoms with E-state index in [-0.39, 0.29) is 17.1 Å². The normalized spacial score (nSPS) is 10.6. The van der Waals surface area contributed by atoms with Crippen LogP contribution in [-0.4, -0.2) is 33.1 Å². The molecule has 0 unspecified atom stereocenters. The van der Waals surface area contributed by atoms with Gasteiger partial charge in [-0.15, -0.1) is 0 Å². The van der Waals surface area contributed by atoms with Crippen molar-refractivity contribution < 1.29 is 32.9 Å². The first-order chi connectivity index (χ1) is 15.4. The lowest BCUT2D eigenvalue weighted by molar-refractivity contribution is 0.0729. The van der Waals surface area contributed by atoms with Crippen LogP contribution in [0.4, 0.5) is 4.39 Å². The second-order valence-corrected chi connectivity index (χ2v) is 6.57. The van der Waals surface area contributed by atoms with Crippen LogP contribution in [0.25, 0.3) is 6.08 Å². The average Bonchev–Trinajstić information content (AvgIpc) is 2.82. The molecule has 7 heteroatoms. The van der Waals surface area contributed by atoms with Gasteiger partial charge in [0, 0.05) is 6.07 Å². The van der Waals surface area contributed by atoms with Gasteiger partial charge < -0.3 is 18.9 Å². The molecule has 164 valence electrons. The van der Waals surface area contributed by atoms with Gasteiger partial charge in [0.25, 0.3) is 0 Å². The van der Waals surface area contributed by atoms with Crippen molar-refractivity contribution >= 4 is 17.8 Å². The lowest BCUT2D eigenvalue weighted by atomic mass is 10.1. The van der Waals surface area contributed by atoms with Gasteiger partial charge in [0.15, 0.2) is 17.3 Å². The molecule has 0 spiro atoms. The van der Waals surface area contributed by atoms with Crippen molar-refractivity contribution in [2.45, 2.75) is 0 Å². The van der Waals surface area contributed by atoms with Crippen molar-refractivity contribution in [1.29, 1.82) is 0 Å². The van der Waals surface area contributed by atoms with Crippen LogP contribution in [0.2, 0.25) is 0 Å². The molecule has 0 aliphatic heterocycles. The Kier molecular flexibility index (Phi) is 7.23. The summed E-state index contributed by atoms with van der Waals surface area (Å²) in [6.07, 6.45) is 3.02. The number of ketones is 1. The summed E-state index contributed by atoms with van der Waals surface area (Å²) in [5, 5.41) is 0. The summed E-state index contributed by atoms with van der Waals surface area (Å²) in [6, 6.07) is 14.8. The van der Waals surface area contributed by atoms with Crippen molar-refractivity contribution in [2.24, 2.45) is 0 Å². The molecule has 0 radical (unpaired) electrons. The number of carbonyl (C=O) groups excluding carboxylic acids is 2. The number of allylic oxidation sites excluding steroid dienone is 1. The number of esters is 1. The predicted octanol–water partition coefficient (Wildman–Crippen LogP) is 4.97. The smallest absolute Gasteiger partial charge is 0.343 e. The molecule has 0 aliphatic carbocycles. The molecule has 0 heterocycles.